The van der Waals surface area contributed by atoms with E-state index in [-0.39, 0.29) is 12.3 Å². The van der Waals surface area contributed by atoms with Crippen LogP contribution >= 0.6 is 27.3 Å². The van der Waals surface area contributed by atoms with Crippen LogP contribution in [0.15, 0.2) is 43.9 Å². The van der Waals surface area contributed by atoms with Crippen LogP contribution in [0.25, 0.3) is 11.5 Å². The van der Waals surface area contributed by atoms with Crippen molar-refractivity contribution in [3.63, 3.8) is 0 Å². The summed E-state index contributed by atoms with van der Waals surface area (Å²) >= 11 is 4.87. The molecule has 0 spiro atoms. The summed E-state index contributed by atoms with van der Waals surface area (Å²) in [7, 11) is 0. The normalized spacial score (nSPS) is 10.6. The molecule has 7 nitrogen and oxygen atoms in total. The highest BCUT2D eigenvalue weighted by atomic mass is 79.9. The SMILES string of the molecule is CCCOC(=O)c1cc(Br)ccc1NC(=O)CCc1nnc(-c2ccsc2)o1. The van der Waals surface area contributed by atoms with E-state index in [9.17, 15) is 9.59 Å². The van der Waals surface area contributed by atoms with Gasteiger partial charge in [-0.05, 0) is 36.1 Å². The number of carbonyl (C=O) groups excluding carboxylic acids is 2. The number of aryl methyl sites for hydroxylation is 1. The molecule has 0 fully saturated rings. The van der Waals surface area contributed by atoms with Crippen LogP contribution in [0.2, 0.25) is 0 Å². The Balaban J connectivity index is 1.61. The van der Waals surface area contributed by atoms with Crippen molar-refractivity contribution in [1.29, 1.82) is 0 Å². The first-order valence-corrected chi connectivity index (χ1v) is 10.4. The van der Waals surface area contributed by atoms with Crippen molar-refractivity contribution in [2.75, 3.05) is 11.9 Å². The second kappa shape index (κ2) is 9.61. The zero-order valence-corrected chi connectivity index (χ0v) is 17.5. The Hall–Kier alpha value is -2.52. The van der Waals surface area contributed by atoms with Crippen LogP contribution < -0.4 is 5.32 Å². The predicted octanol–water partition coefficient (Wildman–Crippen LogP) is 4.70. The molecule has 0 aliphatic heterocycles. The maximum atomic E-state index is 12.3. The van der Waals surface area contributed by atoms with Gasteiger partial charge in [-0.15, -0.1) is 10.2 Å². The highest BCUT2D eigenvalue weighted by Crippen LogP contribution is 2.23. The number of nitrogens with zero attached hydrogens (tertiary/aromatic N) is 2. The van der Waals surface area contributed by atoms with E-state index < -0.39 is 5.97 Å². The van der Waals surface area contributed by atoms with E-state index in [1.54, 1.807) is 18.2 Å². The first-order chi connectivity index (χ1) is 13.6. The molecule has 2 aromatic heterocycles. The van der Waals surface area contributed by atoms with Gasteiger partial charge in [-0.3, -0.25) is 4.79 Å². The zero-order valence-electron chi connectivity index (χ0n) is 15.1. The van der Waals surface area contributed by atoms with Crippen LogP contribution in [-0.4, -0.2) is 28.7 Å². The van der Waals surface area contributed by atoms with E-state index in [2.05, 4.69) is 31.4 Å². The van der Waals surface area contributed by atoms with Crippen molar-refractivity contribution in [2.24, 2.45) is 0 Å². The topological polar surface area (TPSA) is 94.3 Å². The molecule has 9 heteroatoms. The highest BCUT2D eigenvalue weighted by molar-refractivity contribution is 9.10. The first-order valence-electron chi connectivity index (χ1n) is 8.68. The molecule has 3 aromatic rings. The molecule has 0 aliphatic rings. The fourth-order valence-electron chi connectivity index (χ4n) is 2.36. The van der Waals surface area contributed by atoms with Gasteiger partial charge in [0.15, 0.2) is 0 Å². The number of ether oxygens (including phenoxy) is 1. The summed E-state index contributed by atoms with van der Waals surface area (Å²) in [5.41, 5.74) is 1.56. The number of amides is 1. The molecule has 1 N–H and O–H groups in total. The van der Waals surface area contributed by atoms with Gasteiger partial charge >= 0.3 is 5.97 Å². The first kappa shape index (κ1) is 20.2. The van der Waals surface area contributed by atoms with Gasteiger partial charge in [0.25, 0.3) is 0 Å². The summed E-state index contributed by atoms with van der Waals surface area (Å²) in [6, 6.07) is 6.92. The second-order valence-electron chi connectivity index (χ2n) is 5.89. The highest BCUT2D eigenvalue weighted by Gasteiger charge is 2.16. The van der Waals surface area contributed by atoms with E-state index in [1.165, 1.54) is 11.3 Å². The van der Waals surface area contributed by atoms with Crippen molar-refractivity contribution in [2.45, 2.75) is 26.2 Å². The number of rotatable bonds is 8. The number of carbonyl (C=O) groups is 2. The Kier molecular flexibility index (Phi) is 6.94. The Morgan fingerprint density at radius 2 is 2.14 bits per heavy atom. The third kappa shape index (κ3) is 5.26. The van der Waals surface area contributed by atoms with Crippen molar-refractivity contribution in [3.8, 4) is 11.5 Å². The Morgan fingerprint density at radius 3 is 2.89 bits per heavy atom. The van der Waals surface area contributed by atoms with Crippen LogP contribution in [0.1, 0.15) is 36.0 Å². The van der Waals surface area contributed by atoms with Crippen molar-refractivity contribution >= 4 is 44.8 Å². The molecule has 0 bridgehead atoms. The van der Waals surface area contributed by atoms with Crippen molar-refractivity contribution in [1.82, 2.24) is 10.2 Å². The molecule has 0 saturated heterocycles. The predicted molar refractivity (Wildman–Crippen MR) is 109 cm³/mol. The largest absolute Gasteiger partial charge is 0.462 e. The van der Waals surface area contributed by atoms with Crippen LogP contribution in [0.3, 0.4) is 0 Å². The number of halogens is 1. The summed E-state index contributed by atoms with van der Waals surface area (Å²) in [6.45, 7) is 2.24. The van der Waals surface area contributed by atoms with Gasteiger partial charge in [-0.2, -0.15) is 11.3 Å². The third-order valence-electron chi connectivity index (χ3n) is 3.71. The average molecular weight is 464 g/mol. The van der Waals surface area contributed by atoms with Crippen molar-refractivity contribution in [3.05, 3.63) is 51.0 Å². The van der Waals surface area contributed by atoms with E-state index in [4.69, 9.17) is 9.15 Å². The molecule has 0 radical (unpaired) electrons. The molecule has 2 heterocycles. The van der Waals surface area contributed by atoms with Gasteiger partial charge in [0.2, 0.25) is 17.7 Å². The van der Waals surface area contributed by atoms with Gasteiger partial charge in [0.05, 0.1) is 17.9 Å². The fraction of sp³-hybridized carbons (Fsp3) is 0.263. The fourth-order valence-corrected chi connectivity index (χ4v) is 3.35. The molecule has 146 valence electrons. The molecule has 0 unspecified atom stereocenters. The summed E-state index contributed by atoms with van der Waals surface area (Å²) in [6.07, 6.45) is 1.17. The minimum absolute atomic E-state index is 0.144. The van der Waals surface area contributed by atoms with E-state index in [0.717, 1.165) is 16.5 Å². The van der Waals surface area contributed by atoms with E-state index in [1.807, 2.05) is 23.8 Å². The smallest absolute Gasteiger partial charge is 0.340 e. The second-order valence-corrected chi connectivity index (χ2v) is 7.58. The van der Waals surface area contributed by atoms with Crippen LogP contribution in [0.5, 0.6) is 0 Å². The minimum atomic E-state index is -0.476. The zero-order chi connectivity index (χ0) is 19.9. The van der Waals surface area contributed by atoms with Gasteiger partial charge < -0.3 is 14.5 Å². The van der Waals surface area contributed by atoms with E-state index >= 15 is 0 Å². The molecule has 1 aromatic carbocycles. The molecular weight excluding hydrogens is 446 g/mol. The Labute approximate surface area is 174 Å². The minimum Gasteiger partial charge on any atom is -0.462 e. The number of hydrogen-bond donors (Lipinski definition) is 1. The maximum absolute atomic E-state index is 12.3. The van der Waals surface area contributed by atoms with Crippen LogP contribution in [-0.2, 0) is 16.0 Å². The summed E-state index contributed by atoms with van der Waals surface area (Å²) < 4.78 is 11.5. The summed E-state index contributed by atoms with van der Waals surface area (Å²) in [4.78, 5) is 24.6. The number of aromatic nitrogens is 2. The lowest BCUT2D eigenvalue weighted by Crippen LogP contribution is -2.16. The maximum Gasteiger partial charge on any atom is 0.340 e. The summed E-state index contributed by atoms with van der Waals surface area (Å²) in [5, 5.41) is 14.5. The standard InChI is InChI=1S/C19H18BrN3O4S/c1-2-8-26-19(25)14-10-13(20)3-4-15(14)21-16(24)5-6-17-22-23-18(27-17)12-7-9-28-11-12/h3-4,7,9-11H,2,5-6,8H2,1H3,(H,21,24). The number of benzene rings is 1. The molecule has 3 rings (SSSR count). The molecule has 0 aliphatic carbocycles. The van der Waals surface area contributed by atoms with Crippen molar-refractivity contribution < 1.29 is 18.7 Å². The van der Waals surface area contributed by atoms with Gasteiger partial charge in [0.1, 0.15) is 0 Å². The molecule has 0 atom stereocenters. The molecule has 28 heavy (non-hydrogen) atoms. The summed E-state index contributed by atoms with van der Waals surface area (Å²) in [5.74, 6) is 0.0816. The molecular formula is C19H18BrN3O4S. The molecule has 1 amide bonds. The Bertz CT molecular complexity index is 956. The number of nitrogens with one attached hydrogen (secondary N) is 1. The van der Waals surface area contributed by atoms with Gasteiger partial charge in [-0.25, -0.2) is 4.79 Å². The van der Waals surface area contributed by atoms with Gasteiger partial charge in [-0.1, -0.05) is 22.9 Å². The van der Waals surface area contributed by atoms with Crippen LogP contribution in [0.4, 0.5) is 5.69 Å². The molecule has 0 saturated carbocycles. The van der Waals surface area contributed by atoms with E-state index in [0.29, 0.717) is 36.1 Å². The van der Waals surface area contributed by atoms with Gasteiger partial charge in [0, 0.05) is 28.3 Å². The lowest BCUT2D eigenvalue weighted by atomic mass is 10.1. The number of thiophene rings is 1. The third-order valence-corrected chi connectivity index (χ3v) is 4.89. The lowest BCUT2D eigenvalue weighted by molar-refractivity contribution is -0.116. The number of esters is 1. The average Bonchev–Trinajstić information content (AvgIpc) is 3.37. The quantitative estimate of drug-likeness (QED) is 0.486. The van der Waals surface area contributed by atoms with Crippen LogP contribution in [0, 0.1) is 0 Å². The Morgan fingerprint density at radius 1 is 1.29 bits per heavy atom. The number of anilines is 1. The lowest BCUT2D eigenvalue weighted by Gasteiger charge is -2.11. The number of hydrogen-bond acceptors (Lipinski definition) is 7. The monoisotopic (exact) mass is 463 g/mol.